The van der Waals surface area contributed by atoms with E-state index in [0.717, 1.165) is 93.9 Å². The lowest BCUT2D eigenvalue weighted by molar-refractivity contribution is -0.148. The number of carboxylic acids is 1. The van der Waals surface area contributed by atoms with Gasteiger partial charge in [0.1, 0.15) is 0 Å². The van der Waals surface area contributed by atoms with Crippen molar-refractivity contribution in [1.82, 2.24) is 28.9 Å². The average Bonchev–Trinajstić information content (AvgIpc) is 3.90. The molecule has 54 heavy (non-hydrogen) atoms. The van der Waals surface area contributed by atoms with Crippen LogP contribution in [0.3, 0.4) is 0 Å². The monoisotopic (exact) mass is 771 g/mol. The fourth-order valence-electron chi connectivity index (χ4n) is 9.66. The third kappa shape index (κ3) is 6.36. The zero-order valence-corrected chi connectivity index (χ0v) is 32.9. The van der Waals surface area contributed by atoms with E-state index in [0.29, 0.717) is 56.7 Å². The van der Waals surface area contributed by atoms with Crippen LogP contribution in [0.5, 0.6) is 0 Å². The van der Waals surface area contributed by atoms with Crippen LogP contribution in [0.15, 0.2) is 36.4 Å². The molecule has 2 N–H and O–H groups in total. The van der Waals surface area contributed by atoms with E-state index in [1.54, 1.807) is 6.07 Å². The summed E-state index contributed by atoms with van der Waals surface area (Å²) in [7, 11) is 3.78. The summed E-state index contributed by atoms with van der Waals surface area (Å²) in [6.45, 7) is 8.35. The third-order valence-electron chi connectivity index (χ3n) is 12.8. The van der Waals surface area contributed by atoms with Gasteiger partial charge in [0.15, 0.2) is 11.6 Å². The van der Waals surface area contributed by atoms with Gasteiger partial charge in [-0.1, -0.05) is 53.5 Å². The average molecular weight is 773 g/mol. The van der Waals surface area contributed by atoms with Gasteiger partial charge in [-0.15, -0.1) is 0 Å². The number of hydrogen-bond donors (Lipinski definition) is 2. The van der Waals surface area contributed by atoms with Crippen LogP contribution in [0.25, 0.3) is 11.1 Å². The van der Waals surface area contributed by atoms with Crippen molar-refractivity contribution < 1.29 is 19.5 Å². The first-order valence-corrected chi connectivity index (χ1v) is 19.7. The van der Waals surface area contributed by atoms with E-state index < -0.39 is 11.4 Å². The number of halogens is 2. The summed E-state index contributed by atoms with van der Waals surface area (Å²) in [6.07, 6.45) is 5.90. The molecule has 0 spiro atoms. The first kappa shape index (κ1) is 36.9. The van der Waals surface area contributed by atoms with Crippen molar-refractivity contribution in [3.63, 3.8) is 0 Å². The van der Waals surface area contributed by atoms with Crippen molar-refractivity contribution >= 4 is 46.5 Å². The number of Topliss-reactive ketones (excluding diaryl/α,β-unsaturated/α-hetero) is 1. The topological polar surface area (TPSA) is 126 Å². The number of aliphatic carboxylic acids is 1. The van der Waals surface area contributed by atoms with E-state index in [4.69, 9.17) is 33.2 Å². The lowest BCUT2D eigenvalue weighted by atomic mass is 9.81. The minimum atomic E-state index is -0.644. The molecule has 2 aliphatic carbocycles. The summed E-state index contributed by atoms with van der Waals surface area (Å²) in [5.74, 6) is -0.373. The van der Waals surface area contributed by atoms with Gasteiger partial charge in [-0.3, -0.25) is 24.2 Å². The SMILES string of the molecule is CC(C)N1CCc2c(nc(C(=O)Cc3cccc(-c4cccc(NC(=O)c5nc6c(n5C)CCN(CC57CCC(C(=O)O)(CC5)C7)C6)c4Cl)c3Cl)n2C)C1. The van der Waals surface area contributed by atoms with Crippen LogP contribution in [0.1, 0.15) is 95.5 Å². The van der Waals surface area contributed by atoms with Crippen LogP contribution in [0, 0.1) is 10.8 Å². The maximum Gasteiger partial charge on any atom is 0.309 e. The van der Waals surface area contributed by atoms with Gasteiger partial charge in [0, 0.05) is 94.6 Å². The molecule has 0 unspecified atom stereocenters. The second-order valence-corrected chi connectivity index (χ2v) is 17.1. The standard InChI is InChI=1S/C41H47Cl2N7O4/c1-24(2)50-18-12-32-30(21-50)44-36(47(32)3)33(51)19-25-7-5-8-26(34(25)42)27-9-6-10-28(35(27)43)46-38(52)37-45-29-20-49(17-11-31(29)48(37)4)23-40-13-15-41(22-40,16-14-40)39(53)54/h5-10,24H,11-23H2,1-4H3,(H,46,52)(H,53,54). The maximum absolute atomic E-state index is 13.7. The summed E-state index contributed by atoms with van der Waals surface area (Å²) < 4.78 is 3.80. The molecule has 0 radical (unpaired) electrons. The van der Waals surface area contributed by atoms with Gasteiger partial charge >= 0.3 is 5.97 Å². The highest BCUT2D eigenvalue weighted by Gasteiger charge is 2.58. The van der Waals surface area contributed by atoms with Crippen LogP contribution in [0.4, 0.5) is 5.69 Å². The highest BCUT2D eigenvalue weighted by molar-refractivity contribution is 6.39. The van der Waals surface area contributed by atoms with Crippen molar-refractivity contribution in [3.8, 4) is 11.1 Å². The predicted molar refractivity (Wildman–Crippen MR) is 208 cm³/mol. The predicted octanol–water partition coefficient (Wildman–Crippen LogP) is 6.96. The summed E-state index contributed by atoms with van der Waals surface area (Å²) >= 11 is 14.0. The number of imidazole rings is 2. The van der Waals surface area contributed by atoms with E-state index in [2.05, 4.69) is 29.0 Å². The molecule has 2 fully saturated rings. The number of hydrogen-bond acceptors (Lipinski definition) is 7. The van der Waals surface area contributed by atoms with Crippen LogP contribution in [-0.2, 0) is 51.2 Å². The molecule has 11 nitrogen and oxygen atoms in total. The minimum Gasteiger partial charge on any atom is -0.481 e. The van der Waals surface area contributed by atoms with Crippen molar-refractivity contribution in [1.29, 1.82) is 0 Å². The van der Waals surface area contributed by atoms with E-state index in [-0.39, 0.29) is 23.5 Å². The minimum absolute atomic E-state index is 0.0547. The Hall–Kier alpha value is -4.03. The molecule has 13 heteroatoms. The fourth-order valence-corrected chi connectivity index (χ4v) is 10.2. The summed E-state index contributed by atoms with van der Waals surface area (Å²) in [5.41, 5.74) is 5.89. The van der Waals surface area contributed by atoms with Gasteiger partial charge in [0.05, 0.1) is 32.5 Å². The maximum atomic E-state index is 13.7. The molecule has 4 aromatic rings. The number of benzene rings is 2. The van der Waals surface area contributed by atoms with E-state index in [9.17, 15) is 19.5 Å². The van der Waals surface area contributed by atoms with Crippen molar-refractivity contribution in [3.05, 3.63) is 86.4 Å². The van der Waals surface area contributed by atoms with Crippen LogP contribution in [0.2, 0.25) is 10.0 Å². The third-order valence-corrected chi connectivity index (χ3v) is 13.6. The number of ketones is 1. The Bertz CT molecular complexity index is 2180. The number of carbonyl (C=O) groups is 3. The number of anilines is 1. The van der Waals surface area contributed by atoms with Gasteiger partial charge in [-0.05, 0) is 63.0 Å². The van der Waals surface area contributed by atoms with Crippen LogP contribution in [-0.4, -0.2) is 77.3 Å². The van der Waals surface area contributed by atoms with Crippen LogP contribution < -0.4 is 5.32 Å². The molecule has 2 bridgehead atoms. The van der Waals surface area contributed by atoms with Gasteiger partial charge in [-0.2, -0.15) is 0 Å². The number of nitrogens with zero attached hydrogens (tertiary/aromatic N) is 6. The lowest BCUT2D eigenvalue weighted by Gasteiger charge is -2.35. The molecule has 0 atom stereocenters. The van der Waals surface area contributed by atoms with Gasteiger partial charge in [0.2, 0.25) is 5.78 Å². The number of aromatic nitrogens is 4. The summed E-state index contributed by atoms with van der Waals surface area (Å²) in [5, 5.41) is 13.6. The Balaban J connectivity index is 0.966. The molecule has 4 aliphatic rings. The number of fused-ring (bicyclic) bond motifs is 4. The zero-order valence-electron chi connectivity index (χ0n) is 31.3. The molecule has 2 saturated carbocycles. The highest BCUT2D eigenvalue weighted by Crippen LogP contribution is 2.62. The smallest absolute Gasteiger partial charge is 0.309 e. The number of amides is 1. The Morgan fingerprint density at radius 1 is 0.852 bits per heavy atom. The quantitative estimate of drug-likeness (QED) is 0.166. The normalized spacial score (nSPS) is 22.4. The molecule has 4 heterocycles. The van der Waals surface area contributed by atoms with Crippen molar-refractivity contribution in [2.45, 2.75) is 84.3 Å². The second kappa shape index (κ2) is 13.9. The number of carbonyl (C=O) groups excluding carboxylic acids is 2. The van der Waals surface area contributed by atoms with Crippen molar-refractivity contribution in [2.24, 2.45) is 24.9 Å². The Kier molecular flexibility index (Phi) is 9.52. The number of carboxylic acid groups (broad SMARTS) is 1. The first-order valence-electron chi connectivity index (χ1n) is 19.0. The summed E-state index contributed by atoms with van der Waals surface area (Å²) in [6, 6.07) is 11.4. The molecular formula is C41H47Cl2N7O4. The fraction of sp³-hybridized carbons (Fsp3) is 0.488. The van der Waals surface area contributed by atoms with Gasteiger partial charge in [0.25, 0.3) is 5.91 Å². The molecule has 1 amide bonds. The highest BCUT2D eigenvalue weighted by atomic mass is 35.5. The number of nitrogens with one attached hydrogen (secondary N) is 1. The van der Waals surface area contributed by atoms with Gasteiger partial charge < -0.3 is 19.6 Å². The molecule has 0 saturated heterocycles. The largest absolute Gasteiger partial charge is 0.481 e. The molecule has 284 valence electrons. The van der Waals surface area contributed by atoms with E-state index in [1.807, 2.05) is 53.6 Å². The zero-order chi connectivity index (χ0) is 38.1. The Morgan fingerprint density at radius 3 is 2.17 bits per heavy atom. The molecule has 8 rings (SSSR count). The van der Waals surface area contributed by atoms with Gasteiger partial charge in [-0.25, -0.2) is 9.97 Å². The van der Waals surface area contributed by atoms with E-state index >= 15 is 0 Å². The molecule has 2 aliphatic heterocycles. The van der Waals surface area contributed by atoms with E-state index in [1.165, 1.54) is 0 Å². The first-order chi connectivity index (χ1) is 25.8. The Labute approximate surface area is 325 Å². The lowest BCUT2D eigenvalue weighted by Crippen LogP contribution is -2.39. The molecular weight excluding hydrogens is 725 g/mol. The Morgan fingerprint density at radius 2 is 1.48 bits per heavy atom. The van der Waals surface area contributed by atoms with Crippen LogP contribution >= 0.6 is 23.2 Å². The second-order valence-electron chi connectivity index (χ2n) is 16.3. The van der Waals surface area contributed by atoms with Crippen molar-refractivity contribution in [2.75, 3.05) is 25.0 Å². The molecule has 2 aromatic heterocycles. The number of rotatable bonds is 10. The molecule has 2 aromatic carbocycles. The summed E-state index contributed by atoms with van der Waals surface area (Å²) in [4.78, 5) is 53.7.